The highest BCUT2D eigenvalue weighted by Gasteiger charge is 2.21. The number of pyridine rings is 2. The van der Waals surface area contributed by atoms with E-state index in [4.69, 9.17) is 15.5 Å². The van der Waals surface area contributed by atoms with Crippen LogP contribution in [0.3, 0.4) is 0 Å². The maximum atomic E-state index is 6.49. The van der Waals surface area contributed by atoms with Crippen LogP contribution in [0.5, 0.6) is 5.75 Å². The van der Waals surface area contributed by atoms with Gasteiger partial charge < -0.3 is 10.5 Å². The van der Waals surface area contributed by atoms with Crippen LogP contribution in [0.2, 0.25) is 0 Å². The number of hydrogen-bond donors (Lipinski definition) is 1. The predicted octanol–water partition coefficient (Wildman–Crippen LogP) is 4.48. The molecule has 6 heteroatoms. The van der Waals surface area contributed by atoms with Gasteiger partial charge in [-0.25, -0.2) is 4.98 Å². The predicted molar refractivity (Wildman–Crippen MR) is 116 cm³/mol. The number of hydrogen-bond acceptors (Lipinski definition) is 5. The molecule has 1 unspecified atom stereocenters. The van der Waals surface area contributed by atoms with Crippen LogP contribution in [0.4, 0.5) is 0 Å². The fourth-order valence-electron chi connectivity index (χ4n) is 3.78. The van der Waals surface area contributed by atoms with Crippen molar-refractivity contribution in [3.63, 3.8) is 0 Å². The van der Waals surface area contributed by atoms with Crippen LogP contribution in [0, 0.1) is 5.92 Å². The lowest BCUT2D eigenvalue weighted by atomic mass is 9.96. The molecule has 29 heavy (non-hydrogen) atoms. The van der Waals surface area contributed by atoms with Crippen molar-refractivity contribution in [3.8, 4) is 17.3 Å². The van der Waals surface area contributed by atoms with Crippen molar-refractivity contribution in [1.82, 2.24) is 19.6 Å². The van der Waals surface area contributed by atoms with Crippen molar-refractivity contribution in [2.24, 2.45) is 11.7 Å². The van der Waals surface area contributed by atoms with Gasteiger partial charge in [-0.1, -0.05) is 44.5 Å². The Hall–Kier alpha value is -2.99. The topological polar surface area (TPSA) is 78.3 Å². The average molecular weight is 390 g/mol. The molecular formula is C23H27N5O. The van der Waals surface area contributed by atoms with Crippen molar-refractivity contribution in [2.45, 2.75) is 39.2 Å². The highest BCUT2D eigenvalue weighted by Crippen LogP contribution is 2.30. The van der Waals surface area contributed by atoms with Gasteiger partial charge >= 0.3 is 0 Å². The number of para-hydroxylation sites is 1. The van der Waals surface area contributed by atoms with Gasteiger partial charge in [0, 0.05) is 17.5 Å². The molecule has 0 radical (unpaired) electrons. The first kappa shape index (κ1) is 19.3. The van der Waals surface area contributed by atoms with Crippen LogP contribution in [-0.2, 0) is 0 Å². The second-order valence-corrected chi connectivity index (χ2v) is 7.33. The van der Waals surface area contributed by atoms with E-state index < -0.39 is 0 Å². The summed E-state index contributed by atoms with van der Waals surface area (Å²) < 4.78 is 8.43. The zero-order chi connectivity index (χ0) is 20.2. The number of benzene rings is 1. The summed E-state index contributed by atoms with van der Waals surface area (Å²) in [4.78, 5) is 4.91. The summed E-state index contributed by atoms with van der Waals surface area (Å²) >= 11 is 0. The Balaban J connectivity index is 1.76. The zero-order valence-corrected chi connectivity index (χ0v) is 17.0. The van der Waals surface area contributed by atoms with E-state index in [9.17, 15) is 0 Å². The minimum absolute atomic E-state index is 0.0833. The molecule has 150 valence electrons. The lowest BCUT2D eigenvalue weighted by Gasteiger charge is -2.26. The van der Waals surface area contributed by atoms with Gasteiger partial charge in [0.1, 0.15) is 23.1 Å². The van der Waals surface area contributed by atoms with E-state index in [0.717, 1.165) is 53.1 Å². The molecule has 2 atom stereocenters. The van der Waals surface area contributed by atoms with Gasteiger partial charge in [0.2, 0.25) is 0 Å². The number of nitrogens with zero attached hydrogens (tertiary/aromatic N) is 4. The summed E-state index contributed by atoms with van der Waals surface area (Å²) in [6, 6.07) is 15.9. The molecule has 1 aromatic carbocycles. The Kier molecular flexibility index (Phi) is 5.71. The van der Waals surface area contributed by atoms with E-state index in [0.29, 0.717) is 12.5 Å². The molecule has 0 aliphatic carbocycles. The van der Waals surface area contributed by atoms with Gasteiger partial charge in [-0.15, -0.1) is 10.2 Å². The lowest BCUT2D eigenvalue weighted by molar-refractivity contribution is 0.126. The zero-order valence-electron chi connectivity index (χ0n) is 17.0. The molecule has 0 saturated heterocycles. The van der Waals surface area contributed by atoms with Gasteiger partial charge in [-0.3, -0.25) is 4.40 Å². The third-order valence-corrected chi connectivity index (χ3v) is 5.43. The number of aromatic nitrogens is 4. The van der Waals surface area contributed by atoms with E-state index in [-0.39, 0.29) is 6.10 Å². The maximum Gasteiger partial charge on any atom is 0.187 e. The molecule has 0 aliphatic rings. The van der Waals surface area contributed by atoms with Gasteiger partial charge in [0.15, 0.2) is 11.5 Å². The Morgan fingerprint density at radius 3 is 2.72 bits per heavy atom. The third kappa shape index (κ3) is 3.80. The highest BCUT2D eigenvalue weighted by molar-refractivity contribution is 5.86. The smallest absolute Gasteiger partial charge is 0.187 e. The molecule has 2 N–H and O–H groups in total. The average Bonchev–Trinajstić information content (AvgIpc) is 3.19. The Bertz CT molecular complexity index is 1100. The van der Waals surface area contributed by atoms with Crippen LogP contribution in [0.1, 0.15) is 33.1 Å². The molecule has 0 bridgehead atoms. The number of fused-ring (bicyclic) bond motifs is 2. The lowest BCUT2D eigenvalue weighted by Crippen LogP contribution is -2.32. The van der Waals surface area contributed by atoms with Crippen molar-refractivity contribution >= 4 is 16.6 Å². The highest BCUT2D eigenvalue weighted by atomic mass is 16.5. The molecule has 0 amide bonds. The van der Waals surface area contributed by atoms with Crippen LogP contribution in [-0.4, -0.2) is 32.2 Å². The summed E-state index contributed by atoms with van der Waals surface area (Å²) in [5.41, 5.74) is 8.41. The Morgan fingerprint density at radius 1 is 1.03 bits per heavy atom. The SMILES string of the molecule is CCCC(Oc1cccc2ccc(-c3nnc4ccccn34)nc12)[C@H](CC)CN. The minimum Gasteiger partial charge on any atom is -0.488 e. The van der Waals surface area contributed by atoms with Crippen LogP contribution in [0.15, 0.2) is 54.7 Å². The summed E-state index contributed by atoms with van der Waals surface area (Å²) in [7, 11) is 0. The molecule has 0 fully saturated rings. The van der Waals surface area contributed by atoms with E-state index in [1.165, 1.54) is 0 Å². The maximum absolute atomic E-state index is 6.49. The summed E-state index contributed by atoms with van der Waals surface area (Å²) in [6.07, 6.45) is 5.05. The van der Waals surface area contributed by atoms with Gasteiger partial charge in [-0.05, 0) is 43.7 Å². The first-order valence-electron chi connectivity index (χ1n) is 10.3. The van der Waals surface area contributed by atoms with Gasteiger partial charge in [0.25, 0.3) is 0 Å². The molecule has 4 rings (SSSR count). The van der Waals surface area contributed by atoms with E-state index in [2.05, 4.69) is 36.2 Å². The second-order valence-electron chi connectivity index (χ2n) is 7.33. The van der Waals surface area contributed by atoms with Crippen molar-refractivity contribution in [3.05, 3.63) is 54.7 Å². The molecule has 0 spiro atoms. The van der Waals surface area contributed by atoms with E-state index in [1.807, 2.05) is 47.0 Å². The Morgan fingerprint density at radius 2 is 1.93 bits per heavy atom. The van der Waals surface area contributed by atoms with Crippen LogP contribution < -0.4 is 10.5 Å². The van der Waals surface area contributed by atoms with E-state index >= 15 is 0 Å². The molecular weight excluding hydrogens is 362 g/mol. The molecule has 4 aromatic rings. The fraction of sp³-hybridized carbons (Fsp3) is 0.348. The number of rotatable bonds is 8. The molecule has 6 nitrogen and oxygen atoms in total. The first-order valence-corrected chi connectivity index (χ1v) is 10.3. The van der Waals surface area contributed by atoms with Crippen molar-refractivity contribution in [2.75, 3.05) is 6.54 Å². The number of ether oxygens (including phenoxy) is 1. The van der Waals surface area contributed by atoms with Crippen LogP contribution in [0.25, 0.3) is 28.1 Å². The largest absolute Gasteiger partial charge is 0.488 e. The fourth-order valence-corrected chi connectivity index (χ4v) is 3.78. The van der Waals surface area contributed by atoms with Gasteiger partial charge in [0.05, 0.1) is 0 Å². The summed E-state index contributed by atoms with van der Waals surface area (Å²) in [5.74, 6) is 1.84. The van der Waals surface area contributed by atoms with Gasteiger partial charge in [-0.2, -0.15) is 0 Å². The Labute approximate surface area is 170 Å². The third-order valence-electron chi connectivity index (χ3n) is 5.43. The molecule has 0 saturated carbocycles. The van der Waals surface area contributed by atoms with E-state index in [1.54, 1.807) is 0 Å². The summed E-state index contributed by atoms with van der Waals surface area (Å²) in [6.45, 7) is 4.96. The molecule has 0 aliphatic heterocycles. The first-order chi connectivity index (χ1) is 14.2. The monoisotopic (exact) mass is 389 g/mol. The number of nitrogens with two attached hydrogens (primary N) is 1. The molecule has 3 aromatic heterocycles. The second kappa shape index (κ2) is 8.57. The molecule has 3 heterocycles. The van der Waals surface area contributed by atoms with Crippen molar-refractivity contribution < 1.29 is 4.74 Å². The van der Waals surface area contributed by atoms with Crippen molar-refractivity contribution in [1.29, 1.82) is 0 Å². The minimum atomic E-state index is 0.0833. The van der Waals surface area contributed by atoms with Crippen LogP contribution >= 0.6 is 0 Å². The standard InChI is InChI=1S/C23H27N5O/c1-3-8-19(16(4-2)15-24)29-20-10-7-9-17-12-13-18(25-22(17)20)23-27-26-21-11-5-6-14-28(21)23/h5-7,9-14,16,19H,3-4,8,15,24H2,1-2H3/t16-,19?/m1/s1. The summed E-state index contributed by atoms with van der Waals surface area (Å²) in [5, 5.41) is 9.62. The normalized spacial score (nSPS) is 13.6. The quantitative estimate of drug-likeness (QED) is 0.481.